The summed E-state index contributed by atoms with van der Waals surface area (Å²) < 4.78 is 25.7. The first-order chi connectivity index (χ1) is 17.8. The van der Waals surface area contributed by atoms with Crippen molar-refractivity contribution in [2.45, 2.75) is 38.3 Å². The Morgan fingerprint density at radius 3 is 2.70 bits per heavy atom. The Hall–Kier alpha value is -3.93. The number of aromatic nitrogens is 3. The summed E-state index contributed by atoms with van der Waals surface area (Å²) in [6.07, 6.45) is 1.59. The van der Waals surface area contributed by atoms with Crippen molar-refractivity contribution in [2.24, 2.45) is 5.92 Å². The highest BCUT2D eigenvalue weighted by atomic mass is 19.1. The number of aryl methyl sites for hydroxylation is 1. The molecule has 0 spiro atoms. The quantitative estimate of drug-likeness (QED) is 0.377. The SMILES string of the molecule is COc1cc(-c2ncnc3c(C(=O)NC4CCN(C(=O)O)CC4O)c(C)[nH]c23)c(OCC2CC2)cc1F. The molecule has 37 heavy (non-hydrogen) atoms. The van der Waals surface area contributed by atoms with Crippen LogP contribution in [-0.2, 0) is 0 Å². The molecule has 0 bridgehead atoms. The minimum Gasteiger partial charge on any atom is -0.494 e. The fraction of sp³-hybridized carbons (Fsp3) is 0.440. The molecule has 2 aliphatic rings. The summed E-state index contributed by atoms with van der Waals surface area (Å²) in [5.74, 6) is -0.217. The average molecular weight is 514 g/mol. The number of fused-ring (bicyclic) bond motifs is 1. The number of likely N-dealkylation sites (tertiary alicyclic amines) is 1. The summed E-state index contributed by atoms with van der Waals surface area (Å²) >= 11 is 0. The Labute approximate surface area is 211 Å². The van der Waals surface area contributed by atoms with Crippen molar-refractivity contribution < 1.29 is 33.7 Å². The molecule has 1 aromatic carbocycles. The van der Waals surface area contributed by atoms with Gasteiger partial charge in [-0.25, -0.2) is 19.2 Å². The second-order valence-corrected chi connectivity index (χ2v) is 9.47. The van der Waals surface area contributed by atoms with Crippen LogP contribution in [0.3, 0.4) is 0 Å². The Balaban J connectivity index is 1.48. The highest BCUT2D eigenvalue weighted by Gasteiger charge is 2.32. The minimum atomic E-state index is -1.11. The monoisotopic (exact) mass is 513 g/mol. The van der Waals surface area contributed by atoms with Crippen LogP contribution in [0, 0.1) is 18.7 Å². The van der Waals surface area contributed by atoms with Gasteiger partial charge in [-0.1, -0.05) is 0 Å². The van der Waals surface area contributed by atoms with E-state index < -0.39 is 30.0 Å². The summed E-state index contributed by atoms with van der Waals surface area (Å²) in [5.41, 5.74) is 2.55. The number of rotatable bonds is 7. The number of ether oxygens (including phenoxy) is 2. The van der Waals surface area contributed by atoms with E-state index in [4.69, 9.17) is 14.6 Å². The lowest BCUT2D eigenvalue weighted by atomic mass is 10.0. The number of nitrogens with one attached hydrogen (secondary N) is 2. The van der Waals surface area contributed by atoms with Crippen molar-refractivity contribution in [3.05, 3.63) is 35.5 Å². The molecule has 4 N–H and O–H groups in total. The maximum Gasteiger partial charge on any atom is 0.407 e. The Kier molecular flexibility index (Phi) is 6.59. The second-order valence-electron chi connectivity index (χ2n) is 9.47. The number of aliphatic hydroxyl groups is 1. The standard InChI is InChI=1S/C25H28FN5O6/c1-12-20(24(33)30-16-5-6-31(25(34)35)9-17(16)32)22-23(29-12)21(27-11-28-22)14-7-19(36-2)15(26)8-18(14)37-10-13-3-4-13/h7-8,11,13,16-17,29,32H,3-6,9-10H2,1-2H3,(H,30,33)(H,34,35). The third kappa shape index (κ3) is 4.88. The minimum absolute atomic E-state index is 0.0310. The van der Waals surface area contributed by atoms with Gasteiger partial charge in [0.2, 0.25) is 0 Å². The number of H-pyrrole nitrogens is 1. The molecular weight excluding hydrogens is 485 g/mol. The van der Waals surface area contributed by atoms with Crippen molar-refractivity contribution in [3.63, 3.8) is 0 Å². The zero-order valence-electron chi connectivity index (χ0n) is 20.5. The second kappa shape index (κ2) is 9.85. The molecule has 1 saturated carbocycles. The summed E-state index contributed by atoms with van der Waals surface area (Å²) in [7, 11) is 1.37. The molecule has 0 radical (unpaired) electrons. The first-order valence-corrected chi connectivity index (χ1v) is 12.1. The van der Waals surface area contributed by atoms with Gasteiger partial charge in [0.1, 0.15) is 23.3 Å². The molecule has 2 aromatic heterocycles. The number of hydrogen-bond acceptors (Lipinski definition) is 7. The molecule has 5 rings (SSSR count). The highest BCUT2D eigenvalue weighted by molar-refractivity contribution is 6.09. The Morgan fingerprint density at radius 1 is 1.24 bits per heavy atom. The number of aromatic amines is 1. The van der Waals surface area contributed by atoms with E-state index in [0.717, 1.165) is 17.7 Å². The van der Waals surface area contributed by atoms with Crippen LogP contribution in [0.2, 0.25) is 0 Å². The summed E-state index contributed by atoms with van der Waals surface area (Å²) in [5, 5.41) is 22.4. The van der Waals surface area contributed by atoms with Gasteiger partial charge in [0.25, 0.3) is 5.91 Å². The molecule has 3 heterocycles. The van der Waals surface area contributed by atoms with E-state index in [-0.39, 0.29) is 30.8 Å². The molecule has 1 aliphatic carbocycles. The van der Waals surface area contributed by atoms with E-state index in [0.29, 0.717) is 46.3 Å². The Bertz CT molecular complexity index is 1360. The van der Waals surface area contributed by atoms with Gasteiger partial charge in [0, 0.05) is 23.9 Å². The predicted molar refractivity (Wildman–Crippen MR) is 130 cm³/mol. The largest absolute Gasteiger partial charge is 0.494 e. The van der Waals surface area contributed by atoms with E-state index >= 15 is 0 Å². The fourth-order valence-corrected chi connectivity index (χ4v) is 4.61. The summed E-state index contributed by atoms with van der Waals surface area (Å²) in [6, 6.07) is 2.18. The predicted octanol–water partition coefficient (Wildman–Crippen LogP) is 2.71. The number of amides is 2. The van der Waals surface area contributed by atoms with Crippen LogP contribution < -0.4 is 14.8 Å². The first kappa shape index (κ1) is 24.8. The summed E-state index contributed by atoms with van der Waals surface area (Å²) in [6.45, 7) is 2.30. The third-order valence-corrected chi connectivity index (χ3v) is 6.85. The molecule has 11 nitrogen and oxygen atoms in total. The number of methoxy groups -OCH3 is 1. The third-order valence-electron chi connectivity index (χ3n) is 6.85. The number of nitrogens with zero attached hydrogens (tertiary/aromatic N) is 3. The maximum absolute atomic E-state index is 14.5. The molecule has 2 unspecified atom stereocenters. The first-order valence-electron chi connectivity index (χ1n) is 12.1. The molecule has 1 saturated heterocycles. The molecule has 1 aliphatic heterocycles. The van der Waals surface area contributed by atoms with Crippen LogP contribution in [0.1, 0.15) is 35.3 Å². The molecule has 3 aromatic rings. The van der Waals surface area contributed by atoms with Crippen LogP contribution in [0.15, 0.2) is 18.5 Å². The maximum atomic E-state index is 14.5. The van der Waals surface area contributed by atoms with Crippen molar-refractivity contribution in [1.82, 2.24) is 25.2 Å². The van der Waals surface area contributed by atoms with Crippen LogP contribution in [0.5, 0.6) is 11.5 Å². The number of aliphatic hydroxyl groups excluding tert-OH is 1. The Morgan fingerprint density at radius 2 is 2.03 bits per heavy atom. The van der Waals surface area contributed by atoms with Crippen molar-refractivity contribution >= 4 is 23.0 Å². The zero-order chi connectivity index (χ0) is 26.3. The van der Waals surface area contributed by atoms with Gasteiger partial charge in [-0.15, -0.1) is 0 Å². The van der Waals surface area contributed by atoms with Crippen molar-refractivity contribution in [1.29, 1.82) is 0 Å². The van der Waals surface area contributed by atoms with Gasteiger partial charge >= 0.3 is 6.09 Å². The topological polar surface area (TPSA) is 150 Å². The lowest BCUT2D eigenvalue weighted by molar-refractivity contribution is 0.0392. The fourth-order valence-electron chi connectivity index (χ4n) is 4.61. The molecule has 2 amide bonds. The van der Waals surface area contributed by atoms with Gasteiger partial charge in [-0.3, -0.25) is 4.79 Å². The van der Waals surface area contributed by atoms with Crippen LogP contribution in [-0.4, -0.2) is 81.0 Å². The zero-order valence-corrected chi connectivity index (χ0v) is 20.5. The van der Waals surface area contributed by atoms with Crippen molar-refractivity contribution in [2.75, 3.05) is 26.8 Å². The lowest BCUT2D eigenvalue weighted by Crippen LogP contribution is -2.55. The normalized spacial score (nSPS) is 19.6. The number of halogens is 1. The van der Waals surface area contributed by atoms with Gasteiger partial charge in [0.05, 0.1) is 43.5 Å². The molecule has 12 heteroatoms. The van der Waals surface area contributed by atoms with Crippen LogP contribution >= 0.6 is 0 Å². The van der Waals surface area contributed by atoms with Gasteiger partial charge < -0.3 is 34.9 Å². The highest BCUT2D eigenvalue weighted by Crippen LogP contribution is 2.39. The smallest absolute Gasteiger partial charge is 0.407 e. The number of benzene rings is 1. The van der Waals surface area contributed by atoms with Gasteiger partial charge in [-0.2, -0.15) is 0 Å². The number of piperidine rings is 1. The molecule has 2 fully saturated rings. The van der Waals surface area contributed by atoms with E-state index in [2.05, 4.69) is 20.3 Å². The van der Waals surface area contributed by atoms with Gasteiger partial charge in [0.15, 0.2) is 11.6 Å². The molecule has 196 valence electrons. The number of carbonyl (C=O) groups excluding carboxylic acids is 1. The number of hydrogen-bond donors (Lipinski definition) is 4. The number of β-amino-alcohol motifs (C(OH)–C–C–N with tert-alkyl or cyclic N) is 1. The number of carboxylic acid groups (broad SMARTS) is 1. The van der Waals surface area contributed by atoms with Crippen LogP contribution in [0.4, 0.5) is 9.18 Å². The molecular formula is C25H28FN5O6. The van der Waals surface area contributed by atoms with Crippen molar-refractivity contribution in [3.8, 4) is 22.8 Å². The molecule has 2 atom stereocenters. The van der Waals surface area contributed by atoms with Crippen LogP contribution in [0.25, 0.3) is 22.3 Å². The average Bonchev–Trinajstić information content (AvgIpc) is 3.63. The van der Waals surface area contributed by atoms with E-state index in [9.17, 15) is 19.1 Å². The van der Waals surface area contributed by atoms with E-state index in [1.807, 2.05) is 0 Å². The van der Waals surface area contributed by atoms with E-state index in [1.165, 1.54) is 25.6 Å². The lowest BCUT2D eigenvalue weighted by Gasteiger charge is -2.34. The van der Waals surface area contributed by atoms with Gasteiger partial charge in [-0.05, 0) is 38.2 Å². The number of carbonyl (C=O) groups is 2. The summed E-state index contributed by atoms with van der Waals surface area (Å²) in [4.78, 5) is 37.5. The van der Waals surface area contributed by atoms with E-state index in [1.54, 1.807) is 6.92 Å².